The second kappa shape index (κ2) is 10.6. The molecule has 7 nitrogen and oxygen atoms in total. The summed E-state index contributed by atoms with van der Waals surface area (Å²) >= 11 is 0. The first-order valence-corrected chi connectivity index (χ1v) is 15.6. The highest BCUT2D eigenvalue weighted by molar-refractivity contribution is 6.62. The Morgan fingerprint density at radius 1 is 0.907 bits per heavy atom. The van der Waals surface area contributed by atoms with E-state index in [0.717, 1.165) is 24.7 Å². The molecule has 2 unspecified atom stereocenters. The number of rotatable bonds is 5. The first kappa shape index (κ1) is 28.3. The van der Waals surface area contributed by atoms with Crippen molar-refractivity contribution in [3.8, 4) is 11.1 Å². The molecule has 0 saturated carbocycles. The lowest BCUT2D eigenvalue weighted by atomic mass is 9.74. The van der Waals surface area contributed by atoms with E-state index in [-0.39, 0.29) is 35.8 Å². The molecule has 3 aliphatic heterocycles. The van der Waals surface area contributed by atoms with Crippen LogP contribution in [0, 0.1) is 5.92 Å². The topological polar surface area (TPSA) is 78.0 Å². The molecule has 1 aromatic heterocycles. The third kappa shape index (κ3) is 4.89. The van der Waals surface area contributed by atoms with E-state index in [0.29, 0.717) is 25.0 Å². The fourth-order valence-corrected chi connectivity index (χ4v) is 7.50. The van der Waals surface area contributed by atoms with Gasteiger partial charge in [0, 0.05) is 47.3 Å². The Kier molecular flexibility index (Phi) is 6.97. The van der Waals surface area contributed by atoms with Crippen molar-refractivity contribution < 1.29 is 23.6 Å². The molecule has 1 amide bonds. The number of piperidine rings is 2. The van der Waals surface area contributed by atoms with Gasteiger partial charge in [0.25, 0.3) is 0 Å². The average Bonchev–Trinajstić information content (AvgIpc) is 3.43. The van der Waals surface area contributed by atoms with Crippen LogP contribution in [-0.2, 0) is 14.0 Å². The van der Waals surface area contributed by atoms with Crippen molar-refractivity contribution >= 4 is 24.5 Å². The van der Waals surface area contributed by atoms with Crippen molar-refractivity contribution in [3.05, 3.63) is 83.7 Å². The van der Waals surface area contributed by atoms with E-state index in [4.69, 9.17) is 14.0 Å². The molecule has 4 heterocycles. The lowest BCUT2D eigenvalue weighted by molar-refractivity contribution is 0.00578. The molecule has 43 heavy (non-hydrogen) atoms. The summed E-state index contributed by atoms with van der Waals surface area (Å²) in [6.45, 7) is 8.36. The van der Waals surface area contributed by atoms with Gasteiger partial charge in [-0.2, -0.15) is 0 Å². The molecule has 2 bridgehead atoms. The number of amides is 1. The maximum absolute atomic E-state index is 13.8. The molecule has 4 aliphatic rings. The predicted molar refractivity (Wildman–Crippen MR) is 165 cm³/mol. The number of ether oxygens (including phenoxy) is 1. The van der Waals surface area contributed by atoms with Crippen LogP contribution < -0.4 is 5.46 Å². The molecule has 3 saturated heterocycles. The molecule has 2 aromatic carbocycles. The lowest BCUT2D eigenvalue weighted by Gasteiger charge is -2.47. The Morgan fingerprint density at radius 2 is 1.49 bits per heavy atom. The monoisotopic (exact) mass is 578 g/mol. The molecule has 3 fully saturated rings. The summed E-state index contributed by atoms with van der Waals surface area (Å²) in [6.07, 6.45) is 7.21. The summed E-state index contributed by atoms with van der Waals surface area (Å²) in [5, 5.41) is 0. The highest BCUT2D eigenvalue weighted by atomic mass is 16.7. The van der Waals surface area contributed by atoms with E-state index in [1.807, 2.05) is 50.8 Å². The normalized spacial score (nSPS) is 25.3. The van der Waals surface area contributed by atoms with Crippen molar-refractivity contribution in [3.63, 3.8) is 0 Å². The van der Waals surface area contributed by atoms with E-state index >= 15 is 0 Å². The number of pyridine rings is 1. The summed E-state index contributed by atoms with van der Waals surface area (Å²) in [5.74, 6) is -0.0581. The molecule has 1 aliphatic carbocycles. The van der Waals surface area contributed by atoms with Crippen LogP contribution in [0.2, 0.25) is 0 Å². The molecule has 0 N–H and O–H groups in total. The first-order valence-electron chi connectivity index (χ1n) is 15.6. The Balaban J connectivity index is 1.03. The number of carbonyl (C=O) groups is 2. The van der Waals surface area contributed by atoms with Gasteiger partial charge in [-0.3, -0.25) is 9.78 Å². The van der Waals surface area contributed by atoms with Gasteiger partial charge in [0.1, 0.15) is 6.61 Å². The van der Waals surface area contributed by atoms with Gasteiger partial charge >= 0.3 is 13.2 Å². The predicted octanol–water partition coefficient (Wildman–Crippen LogP) is 6.15. The van der Waals surface area contributed by atoms with Crippen LogP contribution in [0.25, 0.3) is 11.1 Å². The number of ketones is 1. The summed E-state index contributed by atoms with van der Waals surface area (Å²) in [6, 6.07) is 18.6. The van der Waals surface area contributed by atoms with Crippen LogP contribution >= 0.6 is 0 Å². The minimum atomic E-state index is -0.569. The van der Waals surface area contributed by atoms with Crippen molar-refractivity contribution in [1.29, 1.82) is 0 Å². The number of Topliss-reactive ketones (excluding diaryl/α,β-unsaturated/α-hetero) is 1. The third-order valence-electron chi connectivity index (χ3n) is 10.5. The van der Waals surface area contributed by atoms with Gasteiger partial charge in [-0.05, 0) is 88.1 Å². The zero-order valence-corrected chi connectivity index (χ0v) is 25.4. The Morgan fingerprint density at radius 3 is 2.09 bits per heavy atom. The average molecular weight is 579 g/mol. The highest BCUT2D eigenvalue weighted by Crippen LogP contribution is 2.45. The Bertz CT molecular complexity index is 1500. The van der Waals surface area contributed by atoms with Crippen molar-refractivity contribution in [2.24, 2.45) is 5.92 Å². The highest BCUT2D eigenvalue weighted by Gasteiger charge is 2.52. The number of benzene rings is 2. The largest absolute Gasteiger partial charge is 0.496 e. The minimum Gasteiger partial charge on any atom is -0.448 e. The lowest BCUT2D eigenvalue weighted by Crippen LogP contribution is -2.56. The van der Waals surface area contributed by atoms with Crippen molar-refractivity contribution in [2.75, 3.05) is 6.61 Å². The van der Waals surface area contributed by atoms with Crippen LogP contribution in [0.1, 0.15) is 87.2 Å². The number of hydrogen-bond acceptors (Lipinski definition) is 6. The van der Waals surface area contributed by atoms with E-state index in [9.17, 15) is 9.59 Å². The number of hydrogen-bond donors (Lipinski definition) is 0. The molecule has 8 heteroatoms. The van der Waals surface area contributed by atoms with Gasteiger partial charge in [0.2, 0.25) is 0 Å². The van der Waals surface area contributed by atoms with Crippen LogP contribution in [0.5, 0.6) is 0 Å². The SMILES string of the molecule is CC1(C)OB(c2cncc(C(=O)C3CC4CCCC(C3)N4C(=O)OCC3c4ccccc4-c4ccccc43)c2)OC1(C)C. The van der Waals surface area contributed by atoms with Crippen molar-refractivity contribution in [2.45, 2.75) is 89.0 Å². The first-order chi connectivity index (χ1) is 20.6. The Labute approximate surface area is 254 Å². The maximum Gasteiger partial charge on any atom is 0.496 e. The van der Waals surface area contributed by atoms with Crippen LogP contribution in [0.3, 0.4) is 0 Å². The van der Waals surface area contributed by atoms with Gasteiger partial charge in [0.15, 0.2) is 5.78 Å². The molecule has 0 spiro atoms. The zero-order valence-electron chi connectivity index (χ0n) is 25.4. The van der Waals surface area contributed by atoms with Crippen LogP contribution in [0.4, 0.5) is 4.79 Å². The van der Waals surface area contributed by atoms with Gasteiger partial charge in [-0.15, -0.1) is 0 Å². The van der Waals surface area contributed by atoms with E-state index in [1.54, 1.807) is 12.4 Å². The molecule has 222 valence electrons. The van der Waals surface area contributed by atoms with E-state index < -0.39 is 18.3 Å². The number of fused-ring (bicyclic) bond motifs is 5. The summed E-state index contributed by atoms with van der Waals surface area (Å²) in [7, 11) is -0.569. The van der Waals surface area contributed by atoms with Gasteiger partial charge < -0.3 is 18.9 Å². The molecular weight excluding hydrogens is 539 g/mol. The fraction of sp³-hybridized carbons (Fsp3) is 0.457. The van der Waals surface area contributed by atoms with Crippen LogP contribution in [0.15, 0.2) is 67.0 Å². The molecule has 7 rings (SSSR count). The van der Waals surface area contributed by atoms with Crippen molar-refractivity contribution in [1.82, 2.24) is 9.88 Å². The number of aromatic nitrogens is 1. The second-order valence-corrected chi connectivity index (χ2v) is 13.6. The quantitative estimate of drug-likeness (QED) is 0.267. The third-order valence-corrected chi connectivity index (χ3v) is 10.5. The Hall–Kier alpha value is -3.49. The molecule has 2 atom stereocenters. The van der Waals surface area contributed by atoms with Crippen LogP contribution in [-0.4, -0.2) is 58.8 Å². The van der Waals surface area contributed by atoms with Gasteiger partial charge in [0.05, 0.1) is 11.2 Å². The second-order valence-electron chi connectivity index (χ2n) is 13.6. The molecule has 3 aromatic rings. The summed E-state index contributed by atoms with van der Waals surface area (Å²) in [5.41, 5.74) is 5.22. The van der Waals surface area contributed by atoms with E-state index in [1.165, 1.54) is 22.3 Å². The fourth-order valence-electron chi connectivity index (χ4n) is 7.50. The number of nitrogens with zero attached hydrogens (tertiary/aromatic N) is 2. The molecular formula is C35H39BN2O5. The number of carbonyl (C=O) groups excluding carboxylic acids is 2. The minimum absolute atomic E-state index is 0.00339. The maximum atomic E-state index is 13.8. The van der Waals surface area contributed by atoms with Gasteiger partial charge in [-0.25, -0.2) is 4.79 Å². The van der Waals surface area contributed by atoms with E-state index in [2.05, 4.69) is 41.4 Å². The summed E-state index contributed by atoms with van der Waals surface area (Å²) in [4.78, 5) is 33.8. The summed E-state index contributed by atoms with van der Waals surface area (Å²) < 4.78 is 18.5. The smallest absolute Gasteiger partial charge is 0.448 e. The zero-order chi connectivity index (χ0) is 29.9. The standard InChI is InChI=1S/C35H39BN2O5/c1-34(2)35(3,4)43-36(42-34)24-16-23(19-37-20-24)32(39)22-17-25-10-9-11-26(18-22)38(25)33(40)41-21-31-29-14-7-5-12-27(29)28-13-6-8-15-30(28)31/h5-8,12-16,19-20,22,25-26,31H,9-11,17-18,21H2,1-4H3. The molecule has 0 radical (unpaired) electrons. The van der Waals surface area contributed by atoms with Gasteiger partial charge in [-0.1, -0.05) is 48.5 Å².